The van der Waals surface area contributed by atoms with Gasteiger partial charge in [-0.3, -0.25) is 9.59 Å². The number of nitrogens with one attached hydrogen (secondary N) is 3. The van der Waals surface area contributed by atoms with Crippen LogP contribution in [0.1, 0.15) is 40.5 Å². The van der Waals surface area contributed by atoms with Crippen molar-refractivity contribution in [3.05, 3.63) is 24.3 Å². The molecule has 0 saturated carbocycles. The molecule has 5 nitrogen and oxygen atoms in total. The van der Waals surface area contributed by atoms with E-state index in [4.69, 9.17) is 0 Å². The van der Waals surface area contributed by atoms with E-state index in [0.29, 0.717) is 12.1 Å². The second-order valence-electron chi connectivity index (χ2n) is 6.03. The van der Waals surface area contributed by atoms with Gasteiger partial charge in [-0.15, -0.1) is 0 Å². The van der Waals surface area contributed by atoms with Gasteiger partial charge in [0.2, 0.25) is 11.8 Å². The Hall–Kier alpha value is -1.88. The average Bonchev–Trinajstić information content (AvgIpc) is 2.38. The Morgan fingerprint density at radius 3 is 1.86 bits per heavy atom. The molecular formula is C16H25N3O2. The number of amides is 2. The number of anilines is 2. The zero-order chi connectivity index (χ0) is 15.9. The molecule has 0 aliphatic carbocycles. The van der Waals surface area contributed by atoms with E-state index in [1.165, 1.54) is 0 Å². The van der Waals surface area contributed by atoms with Gasteiger partial charge in [0.25, 0.3) is 0 Å². The lowest BCUT2D eigenvalue weighted by Gasteiger charge is -2.20. The first-order chi connectivity index (χ1) is 9.80. The molecule has 0 radical (unpaired) electrons. The van der Waals surface area contributed by atoms with Crippen LogP contribution in [0.2, 0.25) is 0 Å². The normalized spacial score (nSPS) is 11.0. The van der Waals surface area contributed by atoms with E-state index < -0.39 is 0 Å². The van der Waals surface area contributed by atoms with Gasteiger partial charge in [-0.1, -0.05) is 6.92 Å². The SMILES string of the molecule is CCCC(=O)Nc1ccc(NC(=O)CNC(C)(C)C)cc1. The van der Waals surface area contributed by atoms with Gasteiger partial charge in [-0.2, -0.15) is 0 Å². The lowest BCUT2D eigenvalue weighted by atomic mass is 10.1. The molecule has 0 unspecified atom stereocenters. The number of rotatable bonds is 6. The molecule has 1 aromatic rings. The van der Waals surface area contributed by atoms with Crippen LogP contribution >= 0.6 is 0 Å². The van der Waals surface area contributed by atoms with Gasteiger partial charge in [0.1, 0.15) is 0 Å². The molecule has 5 heteroatoms. The summed E-state index contributed by atoms with van der Waals surface area (Å²) >= 11 is 0. The number of carbonyl (C=O) groups excluding carboxylic acids is 2. The summed E-state index contributed by atoms with van der Waals surface area (Å²) in [7, 11) is 0. The lowest BCUT2D eigenvalue weighted by Crippen LogP contribution is -2.41. The van der Waals surface area contributed by atoms with Crippen molar-refractivity contribution in [3.8, 4) is 0 Å². The molecule has 0 saturated heterocycles. The summed E-state index contributed by atoms with van der Waals surface area (Å²) < 4.78 is 0. The highest BCUT2D eigenvalue weighted by Gasteiger charge is 2.11. The molecule has 0 aliphatic heterocycles. The number of carbonyl (C=O) groups is 2. The molecule has 116 valence electrons. The lowest BCUT2D eigenvalue weighted by molar-refractivity contribution is -0.116. The molecule has 0 heterocycles. The summed E-state index contributed by atoms with van der Waals surface area (Å²) in [5, 5.41) is 8.73. The van der Waals surface area contributed by atoms with Crippen molar-refractivity contribution in [1.29, 1.82) is 0 Å². The predicted molar refractivity (Wildman–Crippen MR) is 86.4 cm³/mol. The number of hydrogen-bond donors (Lipinski definition) is 3. The highest BCUT2D eigenvalue weighted by molar-refractivity contribution is 5.93. The van der Waals surface area contributed by atoms with E-state index in [1.807, 2.05) is 27.7 Å². The molecule has 0 spiro atoms. The molecule has 21 heavy (non-hydrogen) atoms. The fourth-order valence-electron chi connectivity index (χ4n) is 1.64. The molecule has 0 atom stereocenters. The van der Waals surface area contributed by atoms with Crippen molar-refractivity contribution in [2.75, 3.05) is 17.2 Å². The van der Waals surface area contributed by atoms with Gasteiger partial charge in [-0.25, -0.2) is 0 Å². The van der Waals surface area contributed by atoms with Crippen molar-refractivity contribution in [3.63, 3.8) is 0 Å². The highest BCUT2D eigenvalue weighted by Crippen LogP contribution is 2.14. The van der Waals surface area contributed by atoms with Crippen molar-refractivity contribution in [1.82, 2.24) is 5.32 Å². The summed E-state index contributed by atoms with van der Waals surface area (Å²) in [5.74, 6) is -0.0867. The first-order valence-electron chi connectivity index (χ1n) is 7.25. The third-order valence-corrected chi connectivity index (χ3v) is 2.71. The van der Waals surface area contributed by atoms with Crippen LogP contribution in [-0.4, -0.2) is 23.9 Å². The van der Waals surface area contributed by atoms with E-state index in [9.17, 15) is 9.59 Å². The number of benzene rings is 1. The second-order valence-corrected chi connectivity index (χ2v) is 6.03. The van der Waals surface area contributed by atoms with Gasteiger partial charge in [0, 0.05) is 23.3 Å². The van der Waals surface area contributed by atoms with Gasteiger partial charge >= 0.3 is 0 Å². The van der Waals surface area contributed by atoms with Crippen LogP contribution < -0.4 is 16.0 Å². The molecule has 3 N–H and O–H groups in total. The van der Waals surface area contributed by atoms with Crippen LogP contribution in [-0.2, 0) is 9.59 Å². The maximum atomic E-state index is 11.8. The molecule has 0 bridgehead atoms. The number of hydrogen-bond acceptors (Lipinski definition) is 3. The summed E-state index contributed by atoms with van der Waals surface area (Å²) in [5.41, 5.74) is 1.36. The van der Waals surface area contributed by atoms with Crippen LogP contribution in [0.3, 0.4) is 0 Å². The Morgan fingerprint density at radius 1 is 0.952 bits per heavy atom. The fourth-order valence-corrected chi connectivity index (χ4v) is 1.64. The van der Waals surface area contributed by atoms with Gasteiger partial charge in [-0.05, 0) is 51.5 Å². The summed E-state index contributed by atoms with van der Waals surface area (Å²) in [6, 6.07) is 7.10. The standard InChI is InChI=1S/C16H25N3O2/c1-5-6-14(20)18-12-7-9-13(10-8-12)19-15(21)11-17-16(2,3)4/h7-10,17H,5-6,11H2,1-4H3,(H,18,20)(H,19,21). The Balaban J connectivity index is 2.47. The molecule has 2 amide bonds. The largest absolute Gasteiger partial charge is 0.326 e. The summed E-state index contributed by atoms with van der Waals surface area (Å²) in [4.78, 5) is 23.2. The van der Waals surface area contributed by atoms with E-state index in [2.05, 4.69) is 16.0 Å². The molecule has 1 rings (SSSR count). The molecular weight excluding hydrogens is 266 g/mol. The first kappa shape index (κ1) is 17.2. The molecule has 1 aromatic carbocycles. The zero-order valence-corrected chi connectivity index (χ0v) is 13.2. The fraction of sp³-hybridized carbons (Fsp3) is 0.500. The van der Waals surface area contributed by atoms with Crippen LogP contribution in [0, 0.1) is 0 Å². The second kappa shape index (κ2) is 7.78. The van der Waals surface area contributed by atoms with Crippen molar-refractivity contribution >= 4 is 23.2 Å². The Morgan fingerprint density at radius 2 is 1.43 bits per heavy atom. The Kier molecular flexibility index (Phi) is 6.37. The summed E-state index contributed by atoms with van der Waals surface area (Å²) in [6.45, 7) is 8.25. The molecule has 0 fully saturated rings. The first-order valence-corrected chi connectivity index (χ1v) is 7.25. The Bertz CT molecular complexity index is 475. The predicted octanol–water partition coefficient (Wildman–Crippen LogP) is 2.75. The van der Waals surface area contributed by atoms with E-state index in [1.54, 1.807) is 24.3 Å². The minimum absolute atomic E-state index is 0.00339. The van der Waals surface area contributed by atoms with Crippen molar-refractivity contribution < 1.29 is 9.59 Å². The smallest absolute Gasteiger partial charge is 0.238 e. The van der Waals surface area contributed by atoms with E-state index in [-0.39, 0.29) is 23.9 Å². The van der Waals surface area contributed by atoms with Gasteiger partial charge in [0.15, 0.2) is 0 Å². The van der Waals surface area contributed by atoms with Gasteiger partial charge < -0.3 is 16.0 Å². The van der Waals surface area contributed by atoms with Crippen molar-refractivity contribution in [2.45, 2.75) is 46.1 Å². The maximum Gasteiger partial charge on any atom is 0.238 e. The quantitative estimate of drug-likeness (QED) is 0.755. The molecule has 0 aliphatic rings. The zero-order valence-electron chi connectivity index (χ0n) is 13.2. The van der Waals surface area contributed by atoms with Crippen LogP contribution in [0.5, 0.6) is 0 Å². The minimum Gasteiger partial charge on any atom is -0.326 e. The minimum atomic E-state index is -0.0925. The Labute approximate surface area is 126 Å². The van der Waals surface area contributed by atoms with Crippen LogP contribution in [0.4, 0.5) is 11.4 Å². The van der Waals surface area contributed by atoms with Crippen molar-refractivity contribution in [2.24, 2.45) is 0 Å². The maximum absolute atomic E-state index is 11.8. The summed E-state index contributed by atoms with van der Waals surface area (Å²) in [6.07, 6.45) is 1.33. The van der Waals surface area contributed by atoms with E-state index in [0.717, 1.165) is 12.1 Å². The monoisotopic (exact) mass is 291 g/mol. The molecule has 0 aromatic heterocycles. The topological polar surface area (TPSA) is 70.2 Å². The third-order valence-electron chi connectivity index (χ3n) is 2.71. The van der Waals surface area contributed by atoms with E-state index >= 15 is 0 Å². The van der Waals surface area contributed by atoms with Crippen LogP contribution in [0.15, 0.2) is 24.3 Å². The highest BCUT2D eigenvalue weighted by atomic mass is 16.2. The van der Waals surface area contributed by atoms with Crippen LogP contribution in [0.25, 0.3) is 0 Å². The average molecular weight is 291 g/mol. The third kappa shape index (κ3) is 7.46. The van der Waals surface area contributed by atoms with Gasteiger partial charge in [0.05, 0.1) is 6.54 Å².